The third kappa shape index (κ3) is 6.37. The van der Waals surface area contributed by atoms with Gasteiger partial charge in [-0.25, -0.2) is 4.79 Å². The average Bonchev–Trinajstić information content (AvgIpc) is 2.82. The van der Waals surface area contributed by atoms with Gasteiger partial charge in [-0.3, -0.25) is 9.78 Å². The number of carbonyl (C=O) groups excluding carboxylic acids is 2. The van der Waals surface area contributed by atoms with E-state index in [-0.39, 0.29) is 29.6 Å². The van der Waals surface area contributed by atoms with Crippen LogP contribution in [-0.4, -0.2) is 31.1 Å². The van der Waals surface area contributed by atoms with Crippen LogP contribution in [0.5, 0.6) is 17.2 Å². The summed E-state index contributed by atoms with van der Waals surface area (Å²) in [5, 5.41) is 7.42. The van der Waals surface area contributed by atoms with Crippen molar-refractivity contribution in [2.24, 2.45) is 0 Å². The van der Waals surface area contributed by atoms with E-state index in [9.17, 15) is 22.8 Å². The first-order chi connectivity index (χ1) is 16.2. The molecule has 0 aliphatic carbocycles. The first-order valence-corrected chi connectivity index (χ1v) is 9.94. The van der Waals surface area contributed by atoms with E-state index in [1.165, 1.54) is 26.4 Å². The van der Waals surface area contributed by atoms with Crippen molar-refractivity contribution in [3.8, 4) is 17.2 Å². The van der Waals surface area contributed by atoms with Crippen LogP contribution in [0, 0.1) is 0 Å². The molecule has 8 nitrogen and oxygen atoms in total. The lowest BCUT2D eigenvalue weighted by atomic mass is 10.2. The van der Waals surface area contributed by atoms with E-state index < -0.39 is 17.8 Å². The van der Waals surface area contributed by atoms with Crippen LogP contribution >= 0.6 is 0 Å². The molecule has 3 amide bonds. The van der Waals surface area contributed by atoms with Crippen molar-refractivity contribution < 1.29 is 32.2 Å². The monoisotopic (exact) mass is 474 g/mol. The molecule has 0 aliphatic rings. The zero-order valence-electron chi connectivity index (χ0n) is 18.2. The van der Waals surface area contributed by atoms with Crippen LogP contribution < -0.4 is 25.4 Å². The average molecular weight is 474 g/mol. The molecule has 1 heterocycles. The second-order valence-corrected chi connectivity index (χ2v) is 6.92. The van der Waals surface area contributed by atoms with Crippen LogP contribution in [-0.2, 0) is 12.7 Å². The third-order valence-corrected chi connectivity index (χ3v) is 4.58. The molecule has 178 valence electrons. The summed E-state index contributed by atoms with van der Waals surface area (Å²) in [7, 11) is 2.79. The molecule has 2 aromatic carbocycles. The van der Waals surface area contributed by atoms with Crippen molar-refractivity contribution in [1.29, 1.82) is 0 Å². The van der Waals surface area contributed by atoms with Gasteiger partial charge in [0.15, 0.2) is 0 Å². The highest BCUT2D eigenvalue weighted by molar-refractivity contribution is 5.92. The van der Waals surface area contributed by atoms with E-state index in [0.29, 0.717) is 11.5 Å². The zero-order valence-corrected chi connectivity index (χ0v) is 18.2. The first kappa shape index (κ1) is 24.4. The quantitative estimate of drug-likeness (QED) is 0.465. The van der Waals surface area contributed by atoms with Gasteiger partial charge < -0.3 is 25.4 Å². The summed E-state index contributed by atoms with van der Waals surface area (Å²) in [5.74, 6) is 0.679. The van der Waals surface area contributed by atoms with E-state index >= 15 is 0 Å². The molecule has 0 unspecified atom stereocenters. The molecule has 0 fully saturated rings. The summed E-state index contributed by atoms with van der Waals surface area (Å²) in [6.07, 6.45) is -3.10. The number of nitrogens with one attached hydrogen (secondary N) is 3. The van der Waals surface area contributed by atoms with Gasteiger partial charge >= 0.3 is 12.2 Å². The van der Waals surface area contributed by atoms with Gasteiger partial charge in [0, 0.05) is 25.9 Å². The summed E-state index contributed by atoms with van der Waals surface area (Å²) in [6, 6.07) is 12.0. The fourth-order valence-corrected chi connectivity index (χ4v) is 2.87. The Kier molecular flexibility index (Phi) is 7.57. The van der Waals surface area contributed by atoms with Crippen molar-refractivity contribution in [2.45, 2.75) is 12.7 Å². The number of hydrogen-bond acceptors (Lipinski definition) is 5. The topological polar surface area (TPSA) is 102 Å². The Morgan fingerprint density at radius 2 is 1.74 bits per heavy atom. The second kappa shape index (κ2) is 10.6. The number of urea groups is 1. The van der Waals surface area contributed by atoms with Gasteiger partial charge in [0.05, 0.1) is 18.4 Å². The van der Waals surface area contributed by atoms with Gasteiger partial charge in [-0.15, -0.1) is 0 Å². The minimum atomic E-state index is -4.55. The number of rotatable bonds is 7. The number of hydrogen-bond donors (Lipinski definition) is 3. The Morgan fingerprint density at radius 1 is 1.00 bits per heavy atom. The number of nitrogens with zero attached hydrogens (tertiary/aromatic N) is 1. The van der Waals surface area contributed by atoms with E-state index in [1.54, 1.807) is 30.3 Å². The molecule has 3 N–H and O–H groups in total. The van der Waals surface area contributed by atoms with Gasteiger partial charge in [0.1, 0.15) is 22.9 Å². The molecular weight excluding hydrogens is 453 g/mol. The maximum atomic E-state index is 13.0. The molecule has 0 saturated carbocycles. The predicted octanol–water partition coefficient (Wildman–Crippen LogP) is 4.58. The van der Waals surface area contributed by atoms with E-state index in [0.717, 1.165) is 23.8 Å². The predicted molar refractivity (Wildman–Crippen MR) is 118 cm³/mol. The first-order valence-electron chi connectivity index (χ1n) is 9.94. The number of amides is 3. The lowest BCUT2D eigenvalue weighted by Crippen LogP contribution is -2.28. The largest absolute Gasteiger partial charge is 0.495 e. The van der Waals surface area contributed by atoms with Crippen LogP contribution in [0.15, 0.2) is 60.8 Å². The van der Waals surface area contributed by atoms with Gasteiger partial charge in [-0.1, -0.05) is 12.1 Å². The molecule has 0 aliphatic heterocycles. The molecule has 0 saturated heterocycles. The summed E-state index contributed by atoms with van der Waals surface area (Å²) in [5.41, 5.74) is -0.0774. The summed E-state index contributed by atoms with van der Waals surface area (Å²) in [4.78, 5) is 27.9. The van der Waals surface area contributed by atoms with Crippen LogP contribution in [0.1, 0.15) is 21.6 Å². The Hall–Kier alpha value is -4.28. The number of anilines is 1. The van der Waals surface area contributed by atoms with Crippen molar-refractivity contribution >= 4 is 17.6 Å². The Bertz CT molecular complexity index is 1170. The Morgan fingerprint density at radius 3 is 2.38 bits per heavy atom. The van der Waals surface area contributed by atoms with Crippen molar-refractivity contribution in [3.05, 3.63) is 77.6 Å². The van der Waals surface area contributed by atoms with E-state index in [4.69, 9.17) is 9.47 Å². The lowest BCUT2D eigenvalue weighted by molar-refractivity contribution is -0.137. The van der Waals surface area contributed by atoms with Gasteiger partial charge in [-0.05, 0) is 42.0 Å². The molecule has 3 aromatic rings. The highest BCUT2D eigenvalue weighted by Gasteiger charge is 2.31. The number of carbonyl (C=O) groups is 2. The highest BCUT2D eigenvalue weighted by Crippen LogP contribution is 2.34. The highest BCUT2D eigenvalue weighted by atomic mass is 19.4. The van der Waals surface area contributed by atoms with Crippen molar-refractivity contribution in [3.63, 3.8) is 0 Å². The fraction of sp³-hybridized carbons (Fsp3) is 0.174. The SMILES string of the molecule is CNC(=O)c1cc(Oc2ccc(CNC(=O)Nc3cc(C(F)(F)F)ccc3OC)cc2)ccn1. The number of alkyl halides is 3. The summed E-state index contributed by atoms with van der Waals surface area (Å²) < 4.78 is 49.6. The zero-order chi connectivity index (χ0) is 24.7. The molecule has 0 bridgehead atoms. The van der Waals surface area contributed by atoms with Crippen molar-refractivity contribution in [1.82, 2.24) is 15.6 Å². The molecule has 3 rings (SSSR count). The minimum absolute atomic E-state index is 0.0975. The minimum Gasteiger partial charge on any atom is -0.495 e. The normalized spacial score (nSPS) is 10.9. The maximum absolute atomic E-state index is 13.0. The standard InChI is InChI=1S/C23H21F3N4O4/c1-27-21(31)19-12-17(9-10-28-19)34-16-6-3-14(4-7-16)13-29-22(32)30-18-11-15(23(24,25)26)5-8-20(18)33-2/h3-12H,13H2,1-2H3,(H,27,31)(H2,29,30,32). The third-order valence-electron chi connectivity index (χ3n) is 4.58. The summed E-state index contributed by atoms with van der Waals surface area (Å²) >= 11 is 0. The molecule has 1 aromatic heterocycles. The summed E-state index contributed by atoms with van der Waals surface area (Å²) in [6.45, 7) is 0.115. The van der Waals surface area contributed by atoms with Crippen molar-refractivity contribution in [2.75, 3.05) is 19.5 Å². The van der Waals surface area contributed by atoms with Crippen LogP contribution in [0.2, 0.25) is 0 Å². The Labute approximate surface area is 193 Å². The molecule has 34 heavy (non-hydrogen) atoms. The smallest absolute Gasteiger partial charge is 0.416 e. The number of ether oxygens (including phenoxy) is 2. The maximum Gasteiger partial charge on any atom is 0.416 e. The number of pyridine rings is 1. The van der Waals surface area contributed by atoms with E-state index in [1.807, 2.05) is 0 Å². The number of benzene rings is 2. The van der Waals surface area contributed by atoms with Gasteiger partial charge in [0.25, 0.3) is 5.91 Å². The molecule has 0 spiro atoms. The number of methoxy groups -OCH3 is 1. The molecular formula is C23H21F3N4O4. The van der Waals surface area contributed by atoms with Crippen LogP contribution in [0.3, 0.4) is 0 Å². The Balaban J connectivity index is 1.59. The van der Waals surface area contributed by atoms with Gasteiger partial charge in [0.2, 0.25) is 0 Å². The van der Waals surface area contributed by atoms with E-state index in [2.05, 4.69) is 20.9 Å². The van der Waals surface area contributed by atoms with Gasteiger partial charge in [-0.2, -0.15) is 13.2 Å². The molecule has 11 heteroatoms. The molecule has 0 radical (unpaired) electrons. The fourth-order valence-electron chi connectivity index (χ4n) is 2.87. The van der Waals surface area contributed by atoms with Crippen LogP contribution in [0.25, 0.3) is 0 Å². The van der Waals surface area contributed by atoms with Crippen LogP contribution in [0.4, 0.5) is 23.7 Å². The number of aromatic nitrogens is 1. The molecule has 0 atom stereocenters. The lowest BCUT2D eigenvalue weighted by Gasteiger charge is -2.14. The second-order valence-electron chi connectivity index (χ2n) is 6.92. The number of halogens is 3.